The van der Waals surface area contributed by atoms with Crippen molar-refractivity contribution in [2.45, 2.75) is 97.8 Å². The molecule has 0 atom stereocenters. The van der Waals surface area contributed by atoms with E-state index in [1.54, 1.807) is 0 Å². The van der Waals surface area contributed by atoms with E-state index in [2.05, 4.69) is 32.7 Å². The molecule has 0 aliphatic carbocycles. The molecule has 0 heterocycles. The fraction of sp³-hybridized carbons (Fsp3) is 0.864. The van der Waals surface area contributed by atoms with E-state index in [1.807, 2.05) is 0 Å². The minimum atomic E-state index is -0.0295. The minimum Gasteiger partial charge on any atom is -0.307 e. The predicted molar refractivity (Wildman–Crippen MR) is 118 cm³/mol. The Hall–Kier alpha value is -0.540. The summed E-state index contributed by atoms with van der Waals surface area (Å²) in [5, 5.41) is 3.11. The van der Waals surface area contributed by atoms with Gasteiger partial charge in [-0.25, -0.2) is 0 Å². The van der Waals surface area contributed by atoms with Gasteiger partial charge in [0.25, 0.3) is 0 Å². The lowest BCUT2D eigenvalue weighted by molar-refractivity contribution is -0.930. The predicted octanol–water partition coefficient (Wildman–Crippen LogP) is 6.23. The number of quaternary nitrogens is 1. The quantitative estimate of drug-likeness (QED) is 0.128. The van der Waals surface area contributed by atoms with Crippen LogP contribution in [0.5, 0.6) is 0 Å². The Morgan fingerprint density at radius 3 is 1.46 bits per heavy atom. The maximum Gasteiger partial charge on any atom is 0.247 e. The number of hydrogen-bond donors (Lipinski definition) is 1. The molecule has 0 fully saturated rings. The zero-order valence-corrected chi connectivity index (χ0v) is 18.7. The number of nitrogens with zero attached hydrogens (tertiary/aromatic N) is 1. The molecule has 0 aromatic heterocycles. The molecule has 0 unspecified atom stereocenters. The first-order valence-electron chi connectivity index (χ1n) is 10.9. The van der Waals surface area contributed by atoms with Gasteiger partial charge in [-0.3, -0.25) is 4.79 Å². The molecule has 0 aromatic rings. The molecule has 0 aliphatic heterocycles. The van der Waals surface area contributed by atoms with Crippen molar-refractivity contribution in [1.82, 2.24) is 5.32 Å². The highest BCUT2D eigenvalue weighted by atomic mass is 35.5. The van der Waals surface area contributed by atoms with E-state index >= 15 is 0 Å². The van der Waals surface area contributed by atoms with Crippen LogP contribution in [-0.4, -0.2) is 36.7 Å². The Labute approximate surface area is 170 Å². The summed E-state index contributed by atoms with van der Waals surface area (Å²) in [6, 6.07) is 0. The topological polar surface area (TPSA) is 29.1 Å². The molecular weight excluding hydrogens is 344 g/mol. The second-order valence-corrected chi connectivity index (χ2v) is 7.60. The summed E-state index contributed by atoms with van der Waals surface area (Å²) in [5.41, 5.74) is 0. The number of halogens is 1. The van der Waals surface area contributed by atoms with Crippen LogP contribution in [0.25, 0.3) is 0 Å². The number of unbranched alkanes of at least 4 members (excludes halogenated alkanes) is 9. The third-order valence-corrected chi connectivity index (χ3v) is 5.23. The minimum absolute atomic E-state index is 0. The third-order valence-electron chi connectivity index (χ3n) is 5.23. The number of hydrogen-bond acceptors (Lipinski definition) is 1. The molecule has 0 radical (unpaired) electrons. The highest BCUT2D eigenvalue weighted by Crippen LogP contribution is 2.16. The van der Waals surface area contributed by atoms with Crippen molar-refractivity contribution < 1.29 is 9.28 Å². The van der Waals surface area contributed by atoms with E-state index in [-0.39, 0.29) is 18.3 Å². The molecule has 4 heteroatoms. The van der Waals surface area contributed by atoms with Crippen LogP contribution in [0.15, 0.2) is 12.7 Å². The standard InChI is InChI=1S/C22H44N2O.ClH/c1-5-9-12-15-18-24(19-16-13-10-6-2,20-17-14-11-7-3)21-23-22(25)8-4;/h8H,4-7,9-21H2,1-3H3;1H/p+1. The van der Waals surface area contributed by atoms with Crippen LogP contribution in [0.1, 0.15) is 97.8 Å². The van der Waals surface area contributed by atoms with E-state index in [1.165, 1.54) is 103 Å². The summed E-state index contributed by atoms with van der Waals surface area (Å²) < 4.78 is 1.07. The van der Waals surface area contributed by atoms with Crippen molar-refractivity contribution in [3.8, 4) is 0 Å². The molecule has 1 amide bonds. The number of amides is 1. The fourth-order valence-corrected chi connectivity index (χ4v) is 3.51. The summed E-state index contributed by atoms with van der Waals surface area (Å²) in [7, 11) is 0. The van der Waals surface area contributed by atoms with Crippen molar-refractivity contribution in [2.24, 2.45) is 0 Å². The van der Waals surface area contributed by atoms with E-state index in [9.17, 15) is 4.79 Å². The highest BCUT2D eigenvalue weighted by Gasteiger charge is 2.26. The maximum absolute atomic E-state index is 11.7. The van der Waals surface area contributed by atoms with Crippen LogP contribution in [0.4, 0.5) is 0 Å². The molecule has 0 saturated carbocycles. The molecule has 0 aliphatic rings. The van der Waals surface area contributed by atoms with E-state index in [4.69, 9.17) is 0 Å². The molecule has 26 heavy (non-hydrogen) atoms. The second kappa shape index (κ2) is 19.2. The van der Waals surface area contributed by atoms with Crippen LogP contribution >= 0.6 is 12.4 Å². The molecule has 0 rings (SSSR count). The van der Waals surface area contributed by atoms with Gasteiger partial charge in [0.2, 0.25) is 5.91 Å². The van der Waals surface area contributed by atoms with E-state index < -0.39 is 0 Å². The monoisotopic (exact) mass is 389 g/mol. The third kappa shape index (κ3) is 14.6. The van der Waals surface area contributed by atoms with Gasteiger partial charge in [-0.2, -0.15) is 0 Å². The first-order valence-corrected chi connectivity index (χ1v) is 10.9. The van der Waals surface area contributed by atoms with Crippen molar-refractivity contribution in [3.63, 3.8) is 0 Å². The smallest absolute Gasteiger partial charge is 0.247 e. The Balaban J connectivity index is 0. The number of carbonyl (C=O) groups excluding carboxylic acids is 1. The molecule has 0 spiro atoms. The normalized spacial score (nSPS) is 11.0. The average Bonchev–Trinajstić information content (AvgIpc) is 2.63. The molecular formula is C22H46ClN2O+. The van der Waals surface area contributed by atoms with Crippen molar-refractivity contribution in [2.75, 3.05) is 26.3 Å². The Morgan fingerprint density at radius 2 is 1.15 bits per heavy atom. The average molecular weight is 390 g/mol. The Kier molecular flexibility index (Phi) is 20.5. The van der Waals surface area contributed by atoms with Gasteiger partial charge in [-0.1, -0.05) is 65.9 Å². The van der Waals surface area contributed by atoms with Crippen molar-refractivity contribution >= 4 is 18.3 Å². The lowest BCUT2D eigenvalue weighted by Gasteiger charge is -2.39. The summed E-state index contributed by atoms with van der Waals surface area (Å²) in [6.07, 6.45) is 17.0. The van der Waals surface area contributed by atoms with Crippen LogP contribution in [0, 0.1) is 0 Å². The molecule has 0 bridgehead atoms. The van der Waals surface area contributed by atoms with Gasteiger partial charge in [0.05, 0.1) is 19.6 Å². The first-order chi connectivity index (χ1) is 12.1. The van der Waals surface area contributed by atoms with Gasteiger partial charge in [-0.05, 0) is 44.6 Å². The van der Waals surface area contributed by atoms with E-state index in [0.717, 1.165) is 11.2 Å². The highest BCUT2D eigenvalue weighted by molar-refractivity contribution is 5.86. The number of rotatable bonds is 18. The van der Waals surface area contributed by atoms with Gasteiger partial charge in [0, 0.05) is 0 Å². The van der Waals surface area contributed by atoms with Gasteiger partial charge in [0.1, 0.15) is 0 Å². The first kappa shape index (κ1) is 27.7. The summed E-state index contributed by atoms with van der Waals surface area (Å²) >= 11 is 0. The molecule has 3 nitrogen and oxygen atoms in total. The van der Waals surface area contributed by atoms with Crippen molar-refractivity contribution in [3.05, 3.63) is 12.7 Å². The van der Waals surface area contributed by atoms with Crippen LogP contribution in [0.3, 0.4) is 0 Å². The number of carbonyl (C=O) groups is 1. The Bertz CT molecular complexity index is 303. The summed E-state index contributed by atoms with van der Waals surface area (Å²) in [6.45, 7) is 14.8. The van der Waals surface area contributed by atoms with Gasteiger partial charge in [0.15, 0.2) is 6.67 Å². The summed E-state index contributed by atoms with van der Waals surface area (Å²) in [5.74, 6) is -0.0295. The summed E-state index contributed by atoms with van der Waals surface area (Å²) in [4.78, 5) is 11.7. The van der Waals surface area contributed by atoms with Crippen LogP contribution in [0.2, 0.25) is 0 Å². The Morgan fingerprint density at radius 1 is 0.769 bits per heavy atom. The SMILES string of the molecule is C=CC(=O)NC[N+](CCCCCC)(CCCCCC)CCCCCC.Cl. The van der Waals surface area contributed by atoms with Crippen molar-refractivity contribution in [1.29, 1.82) is 0 Å². The zero-order valence-electron chi connectivity index (χ0n) is 17.9. The number of nitrogens with one attached hydrogen (secondary N) is 1. The molecule has 1 N–H and O–H groups in total. The van der Waals surface area contributed by atoms with Crippen LogP contribution < -0.4 is 5.32 Å². The van der Waals surface area contributed by atoms with Gasteiger partial charge >= 0.3 is 0 Å². The van der Waals surface area contributed by atoms with Crippen LogP contribution in [-0.2, 0) is 4.79 Å². The van der Waals surface area contributed by atoms with Gasteiger partial charge < -0.3 is 9.80 Å². The lowest BCUT2D eigenvalue weighted by Crippen LogP contribution is -2.55. The second-order valence-electron chi connectivity index (χ2n) is 7.60. The lowest BCUT2D eigenvalue weighted by atomic mass is 10.1. The fourth-order valence-electron chi connectivity index (χ4n) is 3.51. The zero-order chi connectivity index (χ0) is 18.8. The molecule has 0 saturated heterocycles. The molecule has 0 aromatic carbocycles. The van der Waals surface area contributed by atoms with E-state index in [0.29, 0.717) is 0 Å². The molecule has 156 valence electrons. The maximum atomic E-state index is 11.7. The van der Waals surface area contributed by atoms with Gasteiger partial charge in [-0.15, -0.1) is 12.4 Å². The largest absolute Gasteiger partial charge is 0.307 e.